The highest BCUT2D eigenvalue weighted by molar-refractivity contribution is 5.06. The second kappa shape index (κ2) is 4.69. The molecule has 0 aliphatic rings. The predicted molar refractivity (Wildman–Crippen MR) is 42.9 cm³/mol. The molecule has 0 N–H and O–H groups in total. The van der Waals surface area contributed by atoms with Gasteiger partial charge in [-0.05, 0) is 6.42 Å². The molecule has 0 atom stereocenters. The number of aromatic nitrogens is 2. The van der Waals surface area contributed by atoms with Crippen LogP contribution in [0, 0.1) is 0 Å². The number of hydrogen-bond acceptors (Lipinski definition) is 3. The van der Waals surface area contributed by atoms with E-state index in [4.69, 9.17) is 0 Å². The van der Waals surface area contributed by atoms with Gasteiger partial charge in [0.25, 0.3) is 6.43 Å². The van der Waals surface area contributed by atoms with E-state index in [2.05, 4.69) is 14.7 Å². The van der Waals surface area contributed by atoms with Gasteiger partial charge in [-0.1, -0.05) is 6.92 Å². The number of nitrogens with zero attached hydrogens (tertiary/aromatic N) is 2. The Balaban J connectivity index is 2.49. The zero-order valence-corrected chi connectivity index (χ0v) is 7.20. The van der Waals surface area contributed by atoms with E-state index in [1.54, 1.807) is 0 Å². The van der Waals surface area contributed by atoms with Gasteiger partial charge in [0.15, 0.2) is 6.61 Å². The normalized spacial score (nSPS) is 10.5. The Bertz CT molecular complexity index is 251. The summed E-state index contributed by atoms with van der Waals surface area (Å²) in [5.41, 5.74) is 0.810. The van der Waals surface area contributed by atoms with Gasteiger partial charge in [0.1, 0.15) is 0 Å². The largest absolute Gasteiger partial charge is 0.470 e. The van der Waals surface area contributed by atoms with Crippen LogP contribution in [-0.4, -0.2) is 23.0 Å². The van der Waals surface area contributed by atoms with Crippen LogP contribution >= 0.6 is 0 Å². The van der Waals surface area contributed by atoms with Gasteiger partial charge in [0.2, 0.25) is 5.88 Å². The lowest BCUT2D eigenvalue weighted by Crippen LogP contribution is -2.08. The third-order valence-electron chi connectivity index (χ3n) is 1.40. The lowest BCUT2D eigenvalue weighted by molar-refractivity contribution is 0.0793. The van der Waals surface area contributed by atoms with Gasteiger partial charge >= 0.3 is 0 Å². The molecule has 1 rings (SSSR count). The fourth-order valence-corrected chi connectivity index (χ4v) is 0.748. The highest BCUT2D eigenvalue weighted by Gasteiger charge is 2.04. The van der Waals surface area contributed by atoms with Crippen molar-refractivity contribution >= 4 is 0 Å². The summed E-state index contributed by atoms with van der Waals surface area (Å²) in [4.78, 5) is 7.75. The van der Waals surface area contributed by atoms with Crippen molar-refractivity contribution in [2.45, 2.75) is 19.8 Å². The predicted octanol–water partition coefficient (Wildman–Crippen LogP) is 1.68. The second-order valence-corrected chi connectivity index (χ2v) is 2.40. The summed E-state index contributed by atoms with van der Waals surface area (Å²) in [6.45, 7) is 1.30. The van der Waals surface area contributed by atoms with Crippen molar-refractivity contribution in [3.8, 4) is 5.88 Å². The van der Waals surface area contributed by atoms with Crippen LogP contribution in [0.2, 0.25) is 0 Å². The molecule has 5 heteroatoms. The minimum Gasteiger partial charge on any atom is -0.470 e. The van der Waals surface area contributed by atoms with Crippen molar-refractivity contribution in [1.29, 1.82) is 0 Å². The molecule has 3 nitrogen and oxygen atoms in total. The van der Waals surface area contributed by atoms with Gasteiger partial charge < -0.3 is 4.74 Å². The molecular formula is C8H10F2N2O. The Morgan fingerprint density at radius 1 is 1.38 bits per heavy atom. The minimum absolute atomic E-state index is 0.137. The van der Waals surface area contributed by atoms with Crippen LogP contribution < -0.4 is 4.74 Å². The number of aryl methyl sites for hydroxylation is 1. The van der Waals surface area contributed by atoms with Crippen LogP contribution in [0.4, 0.5) is 8.78 Å². The first-order valence-electron chi connectivity index (χ1n) is 3.94. The van der Waals surface area contributed by atoms with E-state index in [-0.39, 0.29) is 5.88 Å². The fraction of sp³-hybridized carbons (Fsp3) is 0.500. The summed E-state index contributed by atoms with van der Waals surface area (Å²) in [7, 11) is 0. The number of rotatable bonds is 4. The average Bonchev–Trinajstić information content (AvgIpc) is 2.15. The van der Waals surface area contributed by atoms with Gasteiger partial charge in [0.05, 0.1) is 18.1 Å². The molecule has 0 aromatic carbocycles. The van der Waals surface area contributed by atoms with E-state index in [1.165, 1.54) is 12.4 Å². The van der Waals surface area contributed by atoms with Gasteiger partial charge in [-0.15, -0.1) is 0 Å². The lowest BCUT2D eigenvalue weighted by Gasteiger charge is -2.03. The van der Waals surface area contributed by atoms with Crippen LogP contribution in [0.5, 0.6) is 5.88 Å². The van der Waals surface area contributed by atoms with E-state index < -0.39 is 13.0 Å². The van der Waals surface area contributed by atoms with Crippen LogP contribution in [0.15, 0.2) is 12.4 Å². The molecule has 0 amide bonds. The second-order valence-electron chi connectivity index (χ2n) is 2.40. The lowest BCUT2D eigenvalue weighted by atomic mass is 10.4. The first-order valence-corrected chi connectivity index (χ1v) is 3.94. The summed E-state index contributed by atoms with van der Waals surface area (Å²) in [5.74, 6) is 0.137. The SMILES string of the molecule is CCc1cnc(OCC(F)F)cn1. The Kier molecular flexibility index (Phi) is 3.54. The third-order valence-corrected chi connectivity index (χ3v) is 1.40. The highest BCUT2D eigenvalue weighted by atomic mass is 19.3. The van der Waals surface area contributed by atoms with Crippen molar-refractivity contribution in [3.63, 3.8) is 0 Å². The summed E-state index contributed by atoms with van der Waals surface area (Å²) < 4.78 is 28.0. The number of hydrogen-bond donors (Lipinski definition) is 0. The fourth-order valence-electron chi connectivity index (χ4n) is 0.748. The highest BCUT2D eigenvalue weighted by Crippen LogP contribution is 2.05. The molecule has 1 aromatic heterocycles. The molecule has 13 heavy (non-hydrogen) atoms. The van der Waals surface area contributed by atoms with Gasteiger partial charge in [-0.3, -0.25) is 4.98 Å². The topological polar surface area (TPSA) is 35.0 Å². The minimum atomic E-state index is -2.48. The maximum Gasteiger partial charge on any atom is 0.272 e. The molecule has 1 heterocycles. The van der Waals surface area contributed by atoms with Crippen molar-refractivity contribution in [2.75, 3.05) is 6.61 Å². The monoisotopic (exact) mass is 188 g/mol. The molecule has 0 radical (unpaired) electrons. The average molecular weight is 188 g/mol. The van der Waals surface area contributed by atoms with Crippen molar-refractivity contribution in [2.24, 2.45) is 0 Å². The van der Waals surface area contributed by atoms with E-state index in [0.717, 1.165) is 12.1 Å². The first-order chi connectivity index (χ1) is 6.22. The Hall–Kier alpha value is -1.26. The third kappa shape index (κ3) is 3.31. The first kappa shape index (κ1) is 9.83. The van der Waals surface area contributed by atoms with Crippen LogP contribution in [0.25, 0.3) is 0 Å². The molecule has 0 aliphatic carbocycles. The Morgan fingerprint density at radius 2 is 2.15 bits per heavy atom. The summed E-state index contributed by atoms with van der Waals surface area (Å²) >= 11 is 0. The van der Waals surface area contributed by atoms with Gasteiger partial charge in [-0.2, -0.15) is 0 Å². The molecule has 0 aliphatic heterocycles. The maximum atomic E-state index is 11.7. The number of alkyl halides is 2. The Labute approximate surface area is 74.8 Å². The van der Waals surface area contributed by atoms with E-state index in [1.807, 2.05) is 6.92 Å². The summed E-state index contributed by atoms with van der Waals surface area (Å²) in [6, 6.07) is 0. The quantitative estimate of drug-likeness (QED) is 0.721. The summed E-state index contributed by atoms with van der Waals surface area (Å²) in [6.07, 6.45) is 1.15. The molecule has 0 saturated heterocycles. The molecule has 0 bridgehead atoms. The van der Waals surface area contributed by atoms with E-state index >= 15 is 0 Å². The molecule has 72 valence electrons. The summed E-state index contributed by atoms with van der Waals surface area (Å²) in [5, 5.41) is 0. The molecule has 1 aromatic rings. The molecule has 0 spiro atoms. The standard InChI is InChI=1S/C8H10F2N2O/c1-2-6-3-12-8(4-11-6)13-5-7(9)10/h3-4,7H,2,5H2,1H3. The molecule has 0 fully saturated rings. The van der Waals surface area contributed by atoms with Gasteiger partial charge in [0, 0.05) is 0 Å². The zero-order chi connectivity index (χ0) is 9.68. The molecule has 0 unspecified atom stereocenters. The smallest absolute Gasteiger partial charge is 0.272 e. The van der Waals surface area contributed by atoms with Crippen molar-refractivity contribution in [1.82, 2.24) is 9.97 Å². The molecular weight excluding hydrogens is 178 g/mol. The van der Waals surface area contributed by atoms with Crippen LogP contribution in [0.3, 0.4) is 0 Å². The van der Waals surface area contributed by atoms with Crippen LogP contribution in [0.1, 0.15) is 12.6 Å². The van der Waals surface area contributed by atoms with Crippen molar-refractivity contribution in [3.05, 3.63) is 18.1 Å². The van der Waals surface area contributed by atoms with E-state index in [9.17, 15) is 8.78 Å². The Morgan fingerprint density at radius 3 is 2.62 bits per heavy atom. The van der Waals surface area contributed by atoms with E-state index in [0.29, 0.717) is 0 Å². The number of halogens is 2. The molecule has 0 saturated carbocycles. The number of ether oxygens (including phenoxy) is 1. The van der Waals surface area contributed by atoms with Crippen LogP contribution in [-0.2, 0) is 6.42 Å². The maximum absolute atomic E-state index is 11.7. The zero-order valence-electron chi connectivity index (χ0n) is 7.20. The van der Waals surface area contributed by atoms with Crippen molar-refractivity contribution < 1.29 is 13.5 Å². The van der Waals surface area contributed by atoms with Gasteiger partial charge in [-0.25, -0.2) is 13.8 Å².